The number of H-pyrrole nitrogens is 1. The molecule has 1 aliphatic heterocycles. The zero-order valence-corrected chi connectivity index (χ0v) is 12.7. The van der Waals surface area contributed by atoms with E-state index in [0.29, 0.717) is 6.54 Å². The van der Waals surface area contributed by atoms with Gasteiger partial charge in [0.15, 0.2) is 0 Å². The lowest BCUT2D eigenvalue weighted by molar-refractivity contribution is -0.119. The summed E-state index contributed by atoms with van der Waals surface area (Å²) in [7, 11) is 0. The number of aromatic nitrogens is 1. The van der Waals surface area contributed by atoms with E-state index in [0.717, 1.165) is 36.5 Å². The van der Waals surface area contributed by atoms with Gasteiger partial charge in [0, 0.05) is 18.4 Å². The molecule has 0 spiro atoms. The molecule has 22 heavy (non-hydrogen) atoms. The van der Waals surface area contributed by atoms with Crippen LogP contribution in [0.15, 0.2) is 47.7 Å². The topological polar surface area (TPSA) is 60.5 Å². The molecule has 0 atom stereocenters. The van der Waals surface area contributed by atoms with Crippen LogP contribution in [0.2, 0.25) is 0 Å². The monoisotopic (exact) mass is 296 g/mol. The molecule has 0 fully saturated rings. The fraction of sp³-hybridized carbons (Fsp3) is 0.294. The summed E-state index contributed by atoms with van der Waals surface area (Å²) in [6, 6.07) is 12.1. The predicted octanol–water partition coefficient (Wildman–Crippen LogP) is 2.31. The Kier molecular flexibility index (Phi) is 4.23. The molecule has 0 saturated carbocycles. The zero-order valence-electron chi connectivity index (χ0n) is 12.7. The van der Waals surface area contributed by atoms with Crippen molar-refractivity contribution in [1.29, 1.82) is 0 Å². The smallest absolute Gasteiger partial charge is 0.259 e. The van der Waals surface area contributed by atoms with Crippen LogP contribution in [0.1, 0.15) is 24.6 Å². The summed E-state index contributed by atoms with van der Waals surface area (Å²) >= 11 is 0. The number of para-hydroxylation sites is 1. The van der Waals surface area contributed by atoms with Crippen LogP contribution in [0.3, 0.4) is 0 Å². The summed E-state index contributed by atoms with van der Waals surface area (Å²) in [6.07, 6.45) is 3.99. The van der Waals surface area contributed by atoms with Gasteiger partial charge >= 0.3 is 0 Å². The number of aryl methyl sites for hydroxylation is 1. The Labute approximate surface area is 130 Å². The van der Waals surface area contributed by atoms with Crippen molar-refractivity contribution in [3.8, 4) is 0 Å². The van der Waals surface area contributed by atoms with Crippen LogP contribution in [0.5, 0.6) is 0 Å². The first-order chi connectivity index (χ1) is 10.7. The molecule has 1 aromatic heterocycles. The fourth-order valence-electron chi connectivity index (χ4n) is 2.75. The van der Waals surface area contributed by atoms with Gasteiger partial charge < -0.3 is 9.88 Å². The van der Waals surface area contributed by atoms with E-state index >= 15 is 0 Å². The highest BCUT2D eigenvalue weighted by molar-refractivity contribution is 5.97. The van der Waals surface area contributed by atoms with Crippen molar-refractivity contribution in [3.05, 3.63) is 53.9 Å². The third-order valence-corrected chi connectivity index (χ3v) is 3.88. The van der Waals surface area contributed by atoms with E-state index in [2.05, 4.69) is 32.5 Å². The van der Waals surface area contributed by atoms with Crippen LogP contribution in [0, 0.1) is 0 Å². The number of nitrogens with one attached hydrogen (secondary N) is 2. The molecule has 1 aromatic carbocycles. The third kappa shape index (κ3) is 3.19. The average Bonchev–Trinajstić information content (AvgIpc) is 3.07. The first-order valence-corrected chi connectivity index (χ1v) is 7.54. The van der Waals surface area contributed by atoms with Gasteiger partial charge in [0.1, 0.15) is 0 Å². The largest absolute Gasteiger partial charge is 0.362 e. The molecule has 3 rings (SSSR count). The number of hydrazone groups is 1. The van der Waals surface area contributed by atoms with Gasteiger partial charge in [0.05, 0.1) is 18.0 Å². The van der Waals surface area contributed by atoms with Gasteiger partial charge in [0.25, 0.3) is 5.91 Å². The number of anilines is 1. The Morgan fingerprint density at radius 3 is 3.00 bits per heavy atom. The lowest BCUT2D eigenvalue weighted by Gasteiger charge is -2.30. The number of carbonyl (C=O) groups excluding carboxylic acids is 1. The molecule has 5 heteroatoms. The van der Waals surface area contributed by atoms with Crippen molar-refractivity contribution >= 4 is 17.3 Å². The van der Waals surface area contributed by atoms with E-state index in [-0.39, 0.29) is 5.91 Å². The second kappa shape index (κ2) is 6.47. The maximum atomic E-state index is 12.1. The summed E-state index contributed by atoms with van der Waals surface area (Å²) in [5.74, 6) is -0.0948. The molecule has 2 N–H and O–H groups in total. The van der Waals surface area contributed by atoms with Crippen molar-refractivity contribution in [2.24, 2.45) is 5.10 Å². The summed E-state index contributed by atoms with van der Waals surface area (Å²) in [4.78, 5) is 17.3. The molecular weight excluding hydrogens is 276 g/mol. The van der Waals surface area contributed by atoms with Gasteiger partial charge in [-0.3, -0.25) is 4.79 Å². The van der Waals surface area contributed by atoms with Crippen LogP contribution >= 0.6 is 0 Å². The quantitative estimate of drug-likeness (QED) is 0.672. The molecule has 0 aliphatic carbocycles. The Balaban J connectivity index is 1.62. The van der Waals surface area contributed by atoms with Crippen molar-refractivity contribution in [3.63, 3.8) is 0 Å². The summed E-state index contributed by atoms with van der Waals surface area (Å²) in [5.41, 5.74) is 6.78. The SMILES string of the molecule is CC(=NNC(=O)CN1CCCc2ccccc21)c1ccc[nH]1. The Morgan fingerprint density at radius 2 is 2.18 bits per heavy atom. The molecule has 0 unspecified atom stereocenters. The number of carbonyl (C=O) groups is 1. The van der Waals surface area contributed by atoms with E-state index in [4.69, 9.17) is 0 Å². The van der Waals surface area contributed by atoms with Crippen LogP contribution < -0.4 is 10.3 Å². The summed E-state index contributed by atoms with van der Waals surface area (Å²) in [6.45, 7) is 3.10. The minimum atomic E-state index is -0.0948. The first-order valence-electron chi connectivity index (χ1n) is 7.54. The van der Waals surface area contributed by atoms with Crippen LogP contribution in [0.25, 0.3) is 0 Å². The standard InChI is InChI=1S/C17H20N4O/c1-13(15-8-4-10-18-15)19-20-17(22)12-21-11-5-7-14-6-2-3-9-16(14)21/h2-4,6,8-10,18H,5,7,11-12H2,1H3,(H,20,22). The lowest BCUT2D eigenvalue weighted by atomic mass is 10.0. The number of hydrogen-bond donors (Lipinski definition) is 2. The molecule has 1 aliphatic rings. The van der Waals surface area contributed by atoms with E-state index in [9.17, 15) is 4.79 Å². The van der Waals surface area contributed by atoms with E-state index in [1.165, 1.54) is 5.56 Å². The van der Waals surface area contributed by atoms with Crippen molar-refractivity contribution < 1.29 is 4.79 Å². The maximum Gasteiger partial charge on any atom is 0.259 e. The second-order valence-electron chi connectivity index (χ2n) is 5.47. The molecule has 0 radical (unpaired) electrons. The number of aromatic amines is 1. The van der Waals surface area contributed by atoms with Gasteiger partial charge in [-0.25, -0.2) is 5.43 Å². The van der Waals surface area contributed by atoms with Gasteiger partial charge in [-0.2, -0.15) is 5.10 Å². The van der Waals surface area contributed by atoms with Crippen molar-refractivity contribution in [2.45, 2.75) is 19.8 Å². The summed E-state index contributed by atoms with van der Waals surface area (Å²) in [5, 5.41) is 4.15. The predicted molar refractivity (Wildman–Crippen MR) is 88.1 cm³/mol. The molecule has 2 aromatic rings. The Bertz CT molecular complexity index is 676. The van der Waals surface area contributed by atoms with Gasteiger partial charge in [-0.1, -0.05) is 18.2 Å². The maximum absolute atomic E-state index is 12.1. The first kappa shape index (κ1) is 14.4. The Hall–Kier alpha value is -2.56. The lowest BCUT2D eigenvalue weighted by Crippen LogP contribution is -2.38. The molecule has 2 heterocycles. The van der Waals surface area contributed by atoms with Crippen LogP contribution in [-0.2, 0) is 11.2 Å². The number of benzene rings is 1. The van der Waals surface area contributed by atoms with E-state index in [1.807, 2.05) is 37.4 Å². The second-order valence-corrected chi connectivity index (χ2v) is 5.47. The molecule has 1 amide bonds. The molecule has 0 bridgehead atoms. The van der Waals surface area contributed by atoms with Crippen molar-refractivity contribution in [2.75, 3.05) is 18.0 Å². The number of hydrogen-bond acceptors (Lipinski definition) is 3. The number of nitrogens with zero attached hydrogens (tertiary/aromatic N) is 2. The van der Waals surface area contributed by atoms with Crippen LogP contribution in [-0.4, -0.2) is 29.7 Å². The molecule has 5 nitrogen and oxygen atoms in total. The molecule has 114 valence electrons. The minimum Gasteiger partial charge on any atom is -0.362 e. The average molecular weight is 296 g/mol. The highest BCUT2D eigenvalue weighted by Crippen LogP contribution is 2.26. The highest BCUT2D eigenvalue weighted by Gasteiger charge is 2.18. The van der Waals surface area contributed by atoms with E-state index < -0.39 is 0 Å². The molecular formula is C17H20N4O. The summed E-state index contributed by atoms with van der Waals surface area (Å²) < 4.78 is 0. The van der Waals surface area contributed by atoms with E-state index in [1.54, 1.807) is 0 Å². The highest BCUT2D eigenvalue weighted by atomic mass is 16.2. The fourth-order valence-corrected chi connectivity index (χ4v) is 2.75. The zero-order chi connectivity index (χ0) is 15.4. The normalized spacial score (nSPS) is 14.6. The number of rotatable bonds is 4. The van der Waals surface area contributed by atoms with Gasteiger partial charge in [0.2, 0.25) is 0 Å². The van der Waals surface area contributed by atoms with Crippen LogP contribution in [0.4, 0.5) is 5.69 Å². The number of amides is 1. The number of fused-ring (bicyclic) bond motifs is 1. The Morgan fingerprint density at radius 1 is 1.32 bits per heavy atom. The van der Waals surface area contributed by atoms with Gasteiger partial charge in [-0.15, -0.1) is 0 Å². The molecule has 0 saturated heterocycles. The van der Waals surface area contributed by atoms with Gasteiger partial charge in [-0.05, 0) is 43.5 Å². The minimum absolute atomic E-state index is 0.0948. The van der Waals surface area contributed by atoms with Crippen molar-refractivity contribution in [1.82, 2.24) is 10.4 Å². The third-order valence-electron chi connectivity index (χ3n) is 3.88.